The molecule has 0 bridgehead atoms. The van der Waals surface area contributed by atoms with E-state index in [2.05, 4.69) is 24.3 Å². The molecule has 2 aromatic rings. The summed E-state index contributed by atoms with van der Waals surface area (Å²) in [4.78, 5) is 0.993. The van der Waals surface area contributed by atoms with E-state index in [0.29, 0.717) is 6.54 Å². The highest BCUT2D eigenvalue weighted by molar-refractivity contribution is 7.10. The van der Waals surface area contributed by atoms with Crippen LogP contribution in [0, 0.1) is 0 Å². The van der Waals surface area contributed by atoms with Crippen molar-refractivity contribution in [2.75, 3.05) is 6.54 Å². The summed E-state index contributed by atoms with van der Waals surface area (Å²) in [6, 6.07) is 3.95. The summed E-state index contributed by atoms with van der Waals surface area (Å²) in [5.74, 6) is 0. The van der Waals surface area contributed by atoms with Gasteiger partial charge in [0.05, 0.1) is 5.69 Å². The maximum absolute atomic E-state index is 10.5. The van der Waals surface area contributed by atoms with Gasteiger partial charge in [-0.15, -0.1) is 11.3 Å². The molecule has 2 heterocycles. The lowest BCUT2D eigenvalue weighted by Gasteiger charge is -2.22. The van der Waals surface area contributed by atoms with Gasteiger partial charge in [0.2, 0.25) is 0 Å². The van der Waals surface area contributed by atoms with Crippen LogP contribution in [0.4, 0.5) is 0 Å². The summed E-state index contributed by atoms with van der Waals surface area (Å²) in [5.41, 5.74) is 2.88. The summed E-state index contributed by atoms with van der Waals surface area (Å²) in [6.45, 7) is 7.43. The first-order valence-electron chi connectivity index (χ1n) is 7.50. The van der Waals surface area contributed by atoms with Crippen molar-refractivity contribution in [2.24, 2.45) is 7.05 Å². The van der Waals surface area contributed by atoms with Crippen molar-refractivity contribution in [3.63, 3.8) is 0 Å². The smallest absolute Gasteiger partial charge is 0.108 e. The van der Waals surface area contributed by atoms with Crippen molar-refractivity contribution >= 4 is 11.3 Å². The molecule has 5 heteroatoms. The van der Waals surface area contributed by atoms with Crippen LogP contribution in [0.5, 0.6) is 0 Å². The molecule has 1 unspecified atom stereocenters. The molecule has 0 spiro atoms. The van der Waals surface area contributed by atoms with Crippen LogP contribution in [0.2, 0.25) is 0 Å². The zero-order chi connectivity index (χ0) is 15.5. The van der Waals surface area contributed by atoms with Gasteiger partial charge in [0.25, 0.3) is 0 Å². The minimum atomic E-state index is -0.824. The van der Waals surface area contributed by atoms with E-state index in [4.69, 9.17) is 0 Å². The van der Waals surface area contributed by atoms with E-state index < -0.39 is 5.60 Å². The van der Waals surface area contributed by atoms with Crippen LogP contribution < -0.4 is 5.32 Å². The Hall–Kier alpha value is -1.17. The van der Waals surface area contributed by atoms with Crippen LogP contribution >= 0.6 is 11.3 Å². The van der Waals surface area contributed by atoms with Gasteiger partial charge >= 0.3 is 0 Å². The van der Waals surface area contributed by atoms with Gasteiger partial charge in [0.15, 0.2) is 0 Å². The van der Waals surface area contributed by atoms with Crippen LogP contribution in [0.25, 0.3) is 0 Å². The number of aliphatic hydroxyl groups is 1. The average molecular weight is 307 g/mol. The van der Waals surface area contributed by atoms with Crippen molar-refractivity contribution in [3.8, 4) is 0 Å². The minimum Gasteiger partial charge on any atom is -0.383 e. The molecule has 0 aliphatic rings. The second-order valence-electron chi connectivity index (χ2n) is 5.56. The normalized spacial score (nSPS) is 14.3. The van der Waals surface area contributed by atoms with E-state index in [9.17, 15) is 5.11 Å². The molecule has 4 nitrogen and oxygen atoms in total. The van der Waals surface area contributed by atoms with Gasteiger partial charge in [-0.1, -0.05) is 19.9 Å². The monoisotopic (exact) mass is 307 g/mol. The fourth-order valence-corrected chi connectivity index (χ4v) is 3.48. The second kappa shape index (κ2) is 6.73. The first kappa shape index (κ1) is 16.2. The quantitative estimate of drug-likeness (QED) is 0.826. The van der Waals surface area contributed by atoms with Gasteiger partial charge in [-0.2, -0.15) is 5.10 Å². The van der Waals surface area contributed by atoms with E-state index in [0.717, 1.165) is 30.0 Å². The van der Waals surface area contributed by atoms with Gasteiger partial charge < -0.3 is 10.4 Å². The molecule has 0 radical (unpaired) electrons. The Labute approximate surface area is 130 Å². The molecular formula is C16H25N3OS. The number of rotatable bonds is 7. The van der Waals surface area contributed by atoms with Crippen LogP contribution in [0.1, 0.15) is 42.6 Å². The van der Waals surface area contributed by atoms with E-state index in [1.165, 1.54) is 11.3 Å². The lowest BCUT2D eigenvalue weighted by molar-refractivity contribution is 0.0604. The topological polar surface area (TPSA) is 50.1 Å². The molecule has 0 fully saturated rings. The predicted molar refractivity (Wildman–Crippen MR) is 87.6 cm³/mol. The Morgan fingerprint density at radius 3 is 2.71 bits per heavy atom. The average Bonchev–Trinajstić information content (AvgIpc) is 3.07. The zero-order valence-electron chi connectivity index (χ0n) is 13.3. The molecular weight excluding hydrogens is 282 g/mol. The number of aryl methyl sites for hydroxylation is 2. The summed E-state index contributed by atoms with van der Waals surface area (Å²) in [5, 5.41) is 20.5. The van der Waals surface area contributed by atoms with E-state index in [-0.39, 0.29) is 0 Å². The third-order valence-electron chi connectivity index (χ3n) is 3.85. The fourth-order valence-electron chi connectivity index (χ4n) is 2.70. The Morgan fingerprint density at radius 1 is 1.38 bits per heavy atom. The molecule has 116 valence electrons. The first-order valence-corrected chi connectivity index (χ1v) is 8.38. The van der Waals surface area contributed by atoms with Crippen molar-refractivity contribution in [3.05, 3.63) is 39.3 Å². The number of nitrogens with one attached hydrogen (secondary N) is 1. The van der Waals surface area contributed by atoms with Crippen molar-refractivity contribution in [2.45, 2.75) is 45.8 Å². The molecule has 0 aromatic carbocycles. The lowest BCUT2D eigenvalue weighted by Crippen LogP contribution is -2.34. The highest BCUT2D eigenvalue weighted by atomic mass is 32.1. The van der Waals surface area contributed by atoms with Gasteiger partial charge in [-0.3, -0.25) is 4.68 Å². The summed E-state index contributed by atoms with van der Waals surface area (Å²) < 4.78 is 1.98. The SMILES string of the molecule is CCc1nn(C)c(CC)c1CNCC(C)(O)c1cccs1. The lowest BCUT2D eigenvalue weighted by atomic mass is 10.0. The summed E-state index contributed by atoms with van der Waals surface area (Å²) in [6.07, 6.45) is 1.91. The minimum absolute atomic E-state index is 0.536. The Kier molecular flexibility index (Phi) is 5.19. The fraction of sp³-hybridized carbons (Fsp3) is 0.562. The van der Waals surface area contributed by atoms with E-state index in [1.54, 1.807) is 11.3 Å². The predicted octanol–water partition coefficient (Wildman–Crippen LogP) is 2.60. The van der Waals surface area contributed by atoms with Gasteiger partial charge in [-0.05, 0) is 31.2 Å². The molecule has 0 aliphatic carbocycles. The highest BCUT2D eigenvalue weighted by Crippen LogP contribution is 2.24. The van der Waals surface area contributed by atoms with Crippen molar-refractivity contribution in [1.29, 1.82) is 0 Å². The van der Waals surface area contributed by atoms with E-state index in [1.807, 2.05) is 36.2 Å². The first-order chi connectivity index (χ1) is 9.99. The van der Waals surface area contributed by atoms with Crippen LogP contribution in [0.3, 0.4) is 0 Å². The largest absolute Gasteiger partial charge is 0.383 e. The molecule has 0 saturated carbocycles. The standard InChI is InChI=1S/C16H25N3OS/c1-5-13-12(14(6-2)19(4)18-13)10-17-11-16(3,20)15-8-7-9-21-15/h7-9,17,20H,5-6,10-11H2,1-4H3. The molecule has 21 heavy (non-hydrogen) atoms. The third-order valence-corrected chi connectivity index (χ3v) is 4.97. The third kappa shape index (κ3) is 3.54. The second-order valence-corrected chi connectivity index (χ2v) is 6.51. The number of nitrogens with zero attached hydrogens (tertiary/aromatic N) is 2. The van der Waals surface area contributed by atoms with Crippen molar-refractivity contribution in [1.82, 2.24) is 15.1 Å². The molecule has 0 aliphatic heterocycles. The van der Waals surface area contributed by atoms with Gasteiger partial charge in [0.1, 0.15) is 5.60 Å². The van der Waals surface area contributed by atoms with Gasteiger partial charge in [0, 0.05) is 36.3 Å². The highest BCUT2D eigenvalue weighted by Gasteiger charge is 2.24. The number of aromatic nitrogens is 2. The van der Waals surface area contributed by atoms with Gasteiger partial charge in [-0.25, -0.2) is 0 Å². The molecule has 1 atom stereocenters. The van der Waals surface area contributed by atoms with Crippen molar-refractivity contribution < 1.29 is 5.11 Å². The Morgan fingerprint density at radius 2 is 2.14 bits per heavy atom. The summed E-state index contributed by atoms with van der Waals surface area (Å²) in [7, 11) is 2.00. The molecule has 2 N–H and O–H groups in total. The number of hydrogen-bond acceptors (Lipinski definition) is 4. The zero-order valence-corrected chi connectivity index (χ0v) is 14.1. The Balaban J connectivity index is 2.04. The maximum Gasteiger partial charge on any atom is 0.108 e. The van der Waals surface area contributed by atoms with Crippen LogP contribution in [0.15, 0.2) is 17.5 Å². The number of hydrogen-bond donors (Lipinski definition) is 2. The maximum atomic E-state index is 10.5. The van der Waals surface area contributed by atoms with Crippen LogP contribution in [-0.2, 0) is 32.0 Å². The molecule has 0 saturated heterocycles. The Bertz CT molecular complexity index is 573. The van der Waals surface area contributed by atoms with Crippen LogP contribution in [-0.4, -0.2) is 21.4 Å². The molecule has 0 amide bonds. The molecule has 2 rings (SSSR count). The molecule has 2 aromatic heterocycles. The number of thiophene rings is 1. The summed E-state index contributed by atoms with van der Waals surface area (Å²) >= 11 is 1.59. The van der Waals surface area contributed by atoms with E-state index >= 15 is 0 Å².